The van der Waals surface area contributed by atoms with Gasteiger partial charge in [0.1, 0.15) is 41.0 Å². The number of aromatic nitrogens is 4. The van der Waals surface area contributed by atoms with Crippen molar-refractivity contribution in [1.29, 1.82) is 0 Å². The van der Waals surface area contributed by atoms with Crippen LogP contribution in [0.15, 0.2) is 61.4 Å². The molecular weight excluding hydrogens is 466 g/mol. The van der Waals surface area contributed by atoms with Gasteiger partial charge in [0.25, 0.3) is 0 Å². The number of amides is 1. The average Bonchev–Trinajstić information content (AvgIpc) is 3.08. The van der Waals surface area contributed by atoms with Gasteiger partial charge in [0.2, 0.25) is 5.91 Å². The molecule has 0 bridgehead atoms. The van der Waals surface area contributed by atoms with Gasteiger partial charge in [-0.1, -0.05) is 12.6 Å². The van der Waals surface area contributed by atoms with Gasteiger partial charge in [-0.05, 0) is 49.6 Å². The summed E-state index contributed by atoms with van der Waals surface area (Å²) in [5, 5.41) is 5.20. The summed E-state index contributed by atoms with van der Waals surface area (Å²) >= 11 is 0. The molecule has 0 saturated carbocycles. The molecule has 0 aliphatic carbocycles. The Morgan fingerprint density at radius 2 is 1.94 bits per heavy atom. The lowest BCUT2D eigenvalue weighted by atomic mass is 10.1. The zero-order chi connectivity index (χ0) is 25.2. The number of carbonyl (C=O) groups is 1. The summed E-state index contributed by atoms with van der Waals surface area (Å²) in [6.45, 7) is 4.75. The van der Waals surface area contributed by atoms with Gasteiger partial charge in [-0.3, -0.25) is 4.79 Å². The summed E-state index contributed by atoms with van der Waals surface area (Å²) in [5.74, 6) is -0.471. The highest BCUT2D eigenvalue weighted by molar-refractivity contribution is 5.98. The second-order valence-electron chi connectivity index (χ2n) is 8.57. The predicted molar refractivity (Wildman–Crippen MR) is 131 cm³/mol. The van der Waals surface area contributed by atoms with Crippen LogP contribution in [-0.2, 0) is 4.79 Å². The fraction of sp³-hybridized carbons (Fsp3) is 0.231. The molecule has 1 aliphatic rings. The molecule has 1 atom stereocenters. The van der Waals surface area contributed by atoms with E-state index < -0.39 is 11.6 Å². The van der Waals surface area contributed by atoms with Gasteiger partial charge in [-0.15, -0.1) is 0 Å². The van der Waals surface area contributed by atoms with Crippen molar-refractivity contribution < 1.29 is 18.3 Å². The van der Waals surface area contributed by atoms with Crippen molar-refractivity contribution in [2.24, 2.45) is 0 Å². The Balaban J connectivity index is 1.50. The number of likely N-dealkylation sites (tertiary alicyclic amines) is 1. The van der Waals surface area contributed by atoms with Gasteiger partial charge in [0.15, 0.2) is 5.65 Å². The van der Waals surface area contributed by atoms with Crippen LogP contribution in [0.4, 0.5) is 14.6 Å². The van der Waals surface area contributed by atoms with E-state index in [0.29, 0.717) is 36.2 Å². The first kappa shape index (κ1) is 23.4. The molecule has 1 fully saturated rings. The number of hydrogen-bond acceptors (Lipinski definition) is 6. The molecular formula is C26H24F2N6O2. The first-order chi connectivity index (χ1) is 17.4. The highest BCUT2D eigenvalue weighted by atomic mass is 19.1. The lowest BCUT2D eigenvalue weighted by molar-refractivity contribution is -0.125. The first-order valence-corrected chi connectivity index (χ1v) is 11.6. The van der Waals surface area contributed by atoms with E-state index in [1.807, 2.05) is 0 Å². The van der Waals surface area contributed by atoms with Crippen LogP contribution >= 0.6 is 0 Å². The van der Waals surface area contributed by atoms with Gasteiger partial charge < -0.3 is 15.4 Å². The Kier molecular flexibility index (Phi) is 6.32. The number of fused-ring (bicyclic) bond motifs is 1. The number of benzene rings is 2. The molecule has 0 spiro atoms. The summed E-state index contributed by atoms with van der Waals surface area (Å²) in [7, 11) is 0. The third-order valence-corrected chi connectivity index (χ3v) is 6.28. The Morgan fingerprint density at radius 1 is 1.11 bits per heavy atom. The maximum Gasteiger partial charge on any atom is 0.245 e. The molecule has 2 aromatic carbocycles. The SMILES string of the molecule is C=CC(=O)N1CCCC(n2nc(-c3ccc(Oc4cccc(F)c4)cc3F)c3c(N)ncnc32)CC1. The molecule has 184 valence electrons. The zero-order valence-corrected chi connectivity index (χ0v) is 19.4. The summed E-state index contributed by atoms with van der Waals surface area (Å²) in [6.07, 6.45) is 4.88. The smallest absolute Gasteiger partial charge is 0.245 e. The number of ether oxygens (including phenoxy) is 1. The van der Waals surface area contributed by atoms with Crippen molar-refractivity contribution in [2.45, 2.75) is 25.3 Å². The van der Waals surface area contributed by atoms with Gasteiger partial charge in [-0.25, -0.2) is 23.4 Å². The van der Waals surface area contributed by atoms with E-state index >= 15 is 4.39 Å². The molecule has 1 aliphatic heterocycles. The predicted octanol–water partition coefficient (Wildman–Crippen LogP) is 4.89. The second kappa shape index (κ2) is 9.73. The summed E-state index contributed by atoms with van der Waals surface area (Å²) in [4.78, 5) is 22.3. The number of anilines is 1. The minimum absolute atomic E-state index is 0.0585. The van der Waals surface area contributed by atoms with E-state index in [9.17, 15) is 9.18 Å². The van der Waals surface area contributed by atoms with Crippen molar-refractivity contribution in [3.63, 3.8) is 0 Å². The minimum Gasteiger partial charge on any atom is -0.457 e. The van der Waals surface area contributed by atoms with Gasteiger partial charge in [-0.2, -0.15) is 5.10 Å². The number of halogens is 2. The number of carbonyl (C=O) groups excluding carboxylic acids is 1. The number of hydrogen-bond donors (Lipinski definition) is 1. The first-order valence-electron chi connectivity index (χ1n) is 11.6. The molecule has 1 unspecified atom stereocenters. The van der Waals surface area contributed by atoms with E-state index in [-0.39, 0.29) is 34.8 Å². The summed E-state index contributed by atoms with van der Waals surface area (Å²) in [6, 6.07) is 9.89. The summed E-state index contributed by atoms with van der Waals surface area (Å²) < 4.78 is 36.2. The van der Waals surface area contributed by atoms with E-state index in [2.05, 4.69) is 16.5 Å². The van der Waals surface area contributed by atoms with Gasteiger partial charge in [0, 0.05) is 30.8 Å². The fourth-order valence-corrected chi connectivity index (χ4v) is 4.53. The molecule has 36 heavy (non-hydrogen) atoms. The molecule has 10 heteroatoms. The molecule has 8 nitrogen and oxygen atoms in total. The van der Waals surface area contributed by atoms with Crippen LogP contribution in [-0.4, -0.2) is 43.6 Å². The molecule has 0 radical (unpaired) electrons. The molecule has 2 N–H and O–H groups in total. The normalized spacial score (nSPS) is 16.1. The quantitative estimate of drug-likeness (QED) is 0.400. The molecule has 4 aromatic rings. The van der Waals surface area contributed by atoms with E-state index in [4.69, 9.17) is 15.6 Å². The van der Waals surface area contributed by atoms with Crippen LogP contribution in [0.5, 0.6) is 11.5 Å². The zero-order valence-electron chi connectivity index (χ0n) is 19.4. The number of nitrogens with two attached hydrogens (primary N) is 1. The Bertz CT molecular complexity index is 1450. The standard InChI is InChI=1S/C26H24F2N6O2/c1-2-22(35)33-11-4-6-17(10-12-33)34-26-23(25(29)30-15-31-26)24(32-34)20-9-8-19(14-21(20)28)36-18-7-3-5-16(27)13-18/h2-3,5,7-9,13-15,17H,1,4,6,10-12H2,(H2,29,30,31). The van der Waals surface area contributed by atoms with Crippen LogP contribution in [0.2, 0.25) is 0 Å². The van der Waals surface area contributed by atoms with Crippen molar-refractivity contribution in [3.05, 3.63) is 73.1 Å². The highest BCUT2D eigenvalue weighted by Crippen LogP contribution is 2.36. The topological polar surface area (TPSA) is 99.2 Å². The van der Waals surface area contributed by atoms with E-state index in [0.717, 1.165) is 12.8 Å². The fourth-order valence-electron chi connectivity index (χ4n) is 4.53. The van der Waals surface area contributed by atoms with Crippen LogP contribution in [0.3, 0.4) is 0 Å². The Labute approximate surface area is 206 Å². The maximum absolute atomic E-state index is 15.3. The largest absolute Gasteiger partial charge is 0.457 e. The Hall–Kier alpha value is -4.34. The number of rotatable bonds is 5. The monoisotopic (exact) mass is 490 g/mol. The van der Waals surface area contributed by atoms with Crippen molar-refractivity contribution in [2.75, 3.05) is 18.8 Å². The van der Waals surface area contributed by atoms with Crippen molar-refractivity contribution >= 4 is 22.8 Å². The number of nitrogens with zero attached hydrogens (tertiary/aromatic N) is 5. The van der Waals surface area contributed by atoms with Gasteiger partial charge >= 0.3 is 0 Å². The third-order valence-electron chi connectivity index (χ3n) is 6.28. The second-order valence-corrected chi connectivity index (χ2v) is 8.57. The van der Waals surface area contributed by atoms with E-state index in [1.165, 1.54) is 36.7 Å². The lowest BCUT2D eigenvalue weighted by Crippen LogP contribution is -2.30. The summed E-state index contributed by atoms with van der Waals surface area (Å²) in [5.41, 5.74) is 7.23. The molecule has 5 rings (SSSR count). The van der Waals surface area contributed by atoms with Crippen LogP contribution in [0.1, 0.15) is 25.3 Å². The molecule has 3 heterocycles. The maximum atomic E-state index is 15.3. The number of nitrogen functional groups attached to an aromatic ring is 1. The van der Waals surface area contributed by atoms with Crippen molar-refractivity contribution in [1.82, 2.24) is 24.6 Å². The highest BCUT2D eigenvalue weighted by Gasteiger charge is 2.26. The third kappa shape index (κ3) is 4.49. The van der Waals surface area contributed by atoms with Crippen LogP contribution in [0.25, 0.3) is 22.3 Å². The van der Waals surface area contributed by atoms with Crippen LogP contribution in [0, 0.1) is 11.6 Å². The van der Waals surface area contributed by atoms with Crippen LogP contribution < -0.4 is 10.5 Å². The lowest BCUT2D eigenvalue weighted by Gasteiger charge is -2.19. The molecule has 2 aromatic heterocycles. The average molecular weight is 491 g/mol. The minimum atomic E-state index is -0.581. The van der Waals surface area contributed by atoms with Crippen molar-refractivity contribution in [3.8, 4) is 22.8 Å². The molecule has 1 saturated heterocycles. The molecule has 1 amide bonds. The van der Waals surface area contributed by atoms with E-state index in [1.54, 1.807) is 27.8 Å². The van der Waals surface area contributed by atoms with Gasteiger partial charge in [0.05, 0.1) is 11.4 Å². The Morgan fingerprint density at radius 3 is 2.72 bits per heavy atom.